The van der Waals surface area contributed by atoms with Crippen molar-refractivity contribution in [2.24, 2.45) is 5.92 Å². The molecule has 25 heavy (non-hydrogen) atoms. The van der Waals surface area contributed by atoms with E-state index < -0.39 is 0 Å². The fourth-order valence-electron chi connectivity index (χ4n) is 3.89. The van der Waals surface area contributed by atoms with E-state index in [0.29, 0.717) is 27.9 Å². The molecule has 4 heterocycles. The predicted molar refractivity (Wildman–Crippen MR) is 91.9 cm³/mol. The maximum absolute atomic E-state index is 12.8. The smallest absolute Gasteiger partial charge is 1.00 e. The summed E-state index contributed by atoms with van der Waals surface area (Å²) in [6, 6.07) is 3.43. The van der Waals surface area contributed by atoms with Gasteiger partial charge in [-0.05, 0) is 44.0 Å². The van der Waals surface area contributed by atoms with Gasteiger partial charge in [0.1, 0.15) is 0 Å². The third-order valence-electron chi connectivity index (χ3n) is 5.33. The number of nitrogens with zero attached hydrogens (tertiary/aromatic N) is 2. The van der Waals surface area contributed by atoms with Gasteiger partial charge in [-0.25, -0.2) is 0 Å². The molecule has 8 heteroatoms. The van der Waals surface area contributed by atoms with Crippen molar-refractivity contribution in [1.29, 1.82) is 0 Å². The summed E-state index contributed by atoms with van der Waals surface area (Å²) in [5.74, 6) is 0.628. The SMILES string of the molecule is CN1C(=O)COc2c(C(=O)NC3CN4CCC3CC4)cc(Cl)cc21.[Cl-].[H+]. The molecule has 0 aliphatic carbocycles. The summed E-state index contributed by atoms with van der Waals surface area (Å²) in [6.07, 6.45) is 2.26. The topological polar surface area (TPSA) is 61.9 Å². The van der Waals surface area contributed by atoms with Crippen molar-refractivity contribution < 1.29 is 28.2 Å². The number of piperidine rings is 3. The molecule has 3 fully saturated rings. The van der Waals surface area contributed by atoms with Crippen LogP contribution in [0, 0.1) is 5.92 Å². The van der Waals surface area contributed by atoms with Crippen LogP contribution in [0.4, 0.5) is 5.69 Å². The number of carbonyl (C=O) groups is 2. The molecule has 2 bridgehead atoms. The Morgan fingerprint density at radius 2 is 2.08 bits per heavy atom. The standard InChI is InChI=1S/C17H20ClN3O3.ClH/c1-20-14-7-11(18)6-12(16(14)24-9-15(20)22)17(23)19-13-8-21-4-2-10(13)3-5-21;/h6-7,10,13H,2-5,8-9H2,1H3,(H,19,23);1H. The van der Waals surface area contributed by atoms with Crippen molar-refractivity contribution in [3.63, 3.8) is 0 Å². The number of halogens is 2. The lowest BCUT2D eigenvalue weighted by Crippen LogP contribution is -3.00. The van der Waals surface area contributed by atoms with Gasteiger partial charge in [0.05, 0.1) is 11.3 Å². The van der Waals surface area contributed by atoms with Gasteiger partial charge >= 0.3 is 1.43 Å². The fourth-order valence-corrected chi connectivity index (χ4v) is 4.10. The maximum atomic E-state index is 12.8. The fraction of sp³-hybridized carbons (Fsp3) is 0.529. The van der Waals surface area contributed by atoms with Crippen molar-refractivity contribution in [3.05, 3.63) is 22.7 Å². The van der Waals surface area contributed by atoms with Gasteiger partial charge in [-0.1, -0.05) is 11.6 Å². The summed E-state index contributed by atoms with van der Waals surface area (Å²) in [6.45, 7) is 3.09. The van der Waals surface area contributed by atoms with E-state index in [1.165, 1.54) is 4.90 Å². The van der Waals surface area contributed by atoms with Gasteiger partial charge in [0, 0.05) is 24.7 Å². The molecule has 6 nitrogen and oxygen atoms in total. The Morgan fingerprint density at radius 3 is 2.72 bits per heavy atom. The Balaban J connectivity index is 0.00000121. The Labute approximate surface area is 159 Å². The number of fused-ring (bicyclic) bond motifs is 4. The van der Waals surface area contributed by atoms with Crippen molar-refractivity contribution in [2.45, 2.75) is 18.9 Å². The molecule has 136 valence electrons. The molecule has 2 amide bonds. The second-order valence-electron chi connectivity index (χ2n) is 6.76. The molecule has 4 aliphatic rings. The average molecular weight is 386 g/mol. The predicted octanol–water partition coefficient (Wildman–Crippen LogP) is -1.36. The van der Waals surface area contributed by atoms with Gasteiger partial charge in [-0.15, -0.1) is 0 Å². The van der Waals surface area contributed by atoms with Crippen molar-refractivity contribution in [3.8, 4) is 5.75 Å². The molecule has 1 unspecified atom stereocenters. The lowest BCUT2D eigenvalue weighted by molar-refractivity contribution is -0.121. The molecule has 1 aromatic rings. The van der Waals surface area contributed by atoms with E-state index in [1.807, 2.05) is 0 Å². The zero-order valence-corrected chi connectivity index (χ0v) is 15.4. The second-order valence-corrected chi connectivity index (χ2v) is 7.20. The summed E-state index contributed by atoms with van der Waals surface area (Å²) in [7, 11) is 1.66. The molecule has 1 N–H and O–H groups in total. The molecule has 1 aromatic carbocycles. The van der Waals surface area contributed by atoms with Gasteiger partial charge < -0.3 is 32.3 Å². The van der Waals surface area contributed by atoms with Gasteiger partial charge in [-0.2, -0.15) is 0 Å². The van der Waals surface area contributed by atoms with E-state index in [0.717, 1.165) is 32.5 Å². The largest absolute Gasteiger partial charge is 1.00 e. The minimum Gasteiger partial charge on any atom is -1.00 e. The first-order chi connectivity index (χ1) is 11.5. The number of benzene rings is 1. The van der Waals surface area contributed by atoms with Crippen molar-refractivity contribution in [2.75, 3.05) is 38.2 Å². The van der Waals surface area contributed by atoms with Gasteiger partial charge in [0.2, 0.25) is 0 Å². The number of carbonyl (C=O) groups excluding carboxylic acids is 2. The van der Waals surface area contributed by atoms with Crippen LogP contribution in [-0.4, -0.2) is 56.0 Å². The normalized spacial score (nSPS) is 27.2. The molecule has 0 aromatic heterocycles. The van der Waals surface area contributed by atoms with Crippen LogP contribution in [-0.2, 0) is 4.79 Å². The minimum absolute atomic E-state index is 0. The highest BCUT2D eigenvalue weighted by Gasteiger charge is 2.36. The summed E-state index contributed by atoms with van der Waals surface area (Å²) in [5.41, 5.74) is 0.936. The van der Waals surface area contributed by atoms with E-state index in [2.05, 4.69) is 10.2 Å². The number of hydrogen-bond acceptors (Lipinski definition) is 4. The lowest BCUT2D eigenvalue weighted by atomic mass is 9.84. The first-order valence-corrected chi connectivity index (χ1v) is 8.67. The summed E-state index contributed by atoms with van der Waals surface area (Å²) >= 11 is 6.16. The highest BCUT2D eigenvalue weighted by atomic mass is 35.5. The zero-order valence-electron chi connectivity index (χ0n) is 14.9. The number of rotatable bonds is 2. The molecule has 0 radical (unpaired) electrons. The molecule has 0 spiro atoms. The van der Waals surface area contributed by atoms with Gasteiger partial charge in [0.25, 0.3) is 11.8 Å². The van der Waals surface area contributed by atoms with Crippen LogP contribution in [0.15, 0.2) is 12.1 Å². The first-order valence-electron chi connectivity index (χ1n) is 8.29. The number of anilines is 1. The number of ether oxygens (including phenoxy) is 1. The highest BCUT2D eigenvalue weighted by Crippen LogP contribution is 2.38. The molecule has 5 rings (SSSR count). The van der Waals surface area contributed by atoms with E-state index in [-0.39, 0.29) is 38.3 Å². The number of amides is 2. The van der Waals surface area contributed by atoms with E-state index >= 15 is 0 Å². The van der Waals surface area contributed by atoms with Gasteiger partial charge in [-0.3, -0.25) is 9.59 Å². The molecular formula is C17H21Cl2N3O3. The number of likely N-dealkylation sites (N-methyl/N-ethyl adjacent to an activating group) is 1. The number of nitrogens with one attached hydrogen (secondary N) is 1. The van der Waals surface area contributed by atoms with E-state index in [4.69, 9.17) is 16.3 Å². The molecule has 4 aliphatic heterocycles. The van der Waals surface area contributed by atoms with Crippen LogP contribution >= 0.6 is 11.6 Å². The minimum atomic E-state index is -0.185. The third-order valence-corrected chi connectivity index (χ3v) is 5.55. The number of hydrogen-bond donors (Lipinski definition) is 1. The third kappa shape index (κ3) is 3.30. The van der Waals surface area contributed by atoms with E-state index in [1.54, 1.807) is 19.2 Å². The first kappa shape index (κ1) is 18.3. The zero-order chi connectivity index (χ0) is 16.8. The second kappa shape index (κ2) is 7.02. The monoisotopic (exact) mass is 385 g/mol. The highest BCUT2D eigenvalue weighted by molar-refractivity contribution is 6.31. The van der Waals surface area contributed by atoms with Crippen LogP contribution in [0.25, 0.3) is 0 Å². The van der Waals surface area contributed by atoms with Crippen molar-refractivity contribution >= 4 is 29.1 Å². The van der Waals surface area contributed by atoms with Crippen LogP contribution in [0.5, 0.6) is 5.75 Å². The molecule has 0 saturated carbocycles. The van der Waals surface area contributed by atoms with E-state index in [9.17, 15) is 9.59 Å². The lowest BCUT2D eigenvalue weighted by Gasteiger charge is -2.45. The molecule has 3 saturated heterocycles. The summed E-state index contributed by atoms with van der Waals surface area (Å²) in [5, 5.41) is 3.56. The van der Waals surface area contributed by atoms with Crippen LogP contribution in [0.1, 0.15) is 24.6 Å². The molecule has 1 atom stereocenters. The summed E-state index contributed by atoms with van der Waals surface area (Å²) < 4.78 is 5.54. The molecular weight excluding hydrogens is 365 g/mol. The Bertz CT molecular complexity index is 711. The quantitative estimate of drug-likeness (QED) is 0.682. The van der Waals surface area contributed by atoms with Crippen LogP contribution < -0.4 is 27.4 Å². The maximum Gasteiger partial charge on any atom is 1.00 e. The Kier molecular flexibility index (Phi) is 5.14. The Hall–Kier alpha value is -1.50. The van der Waals surface area contributed by atoms with Gasteiger partial charge in [0.15, 0.2) is 12.4 Å². The van der Waals surface area contributed by atoms with Crippen molar-refractivity contribution in [1.82, 2.24) is 10.2 Å². The Morgan fingerprint density at radius 1 is 1.36 bits per heavy atom. The van der Waals surface area contributed by atoms with Crippen LogP contribution in [0.2, 0.25) is 5.02 Å². The average Bonchev–Trinajstić information content (AvgIpc) is 2.59. The van der Waals surface area contributed by atoms with Crippen LogP contribution in [0.3, 0.4) is 0 Å². The summed E-state index contributed by atoms with van der Waals surface area (Å²) in [4.78, 5) is 28.5.